The topological polar surface area (TPSA) is 49.4 Å². The molecule has 3 aromatic carbocycles. The Morgan fingerprint density at radius 2 is 1.48 bits per heavy atom. The third kappa shape index (κ3) is 4.31. The number of aromatic carboxylic acids is 1. The average Bonchev–Trinajstić information content (AvgIpc) is 2.67. The fourth-order valence-corrected chi connectivity index (χ4v) is 2.89. The van der Waals surface area contributed by atoms with Crippen LogP contribution in [-0.4, -0.2) is 12.6 Å². The highest BCUT2D eigenvalue weighted by Gasteiger charge is 2.11. The Hall–Kier alpha value is -3.21. The Labute approximate surface area is 155 Å². The van der Waals surface area contributed by atoms with Crippen molar-refractivity contribution in [1.29, 1.82) is 0 Å². The smallest absolute Gasteiger partial charge is 0.387 e. The Morgan fingerprint density at radius 3 is 2.00 bits per heavy atom. The van der Waals surface area contributed by atoms with Gasteiger partial charge in [-0.05, 0) is 52.4 Å². The van der Waals surface area contributed by atoms with Crippen molar-refractivity contribution in [3.05, 3.63) is 77.9 Å². The normalized spacial score (nSPS) is 10.8. The van der Waals surface area contributed by atoms with Gasteiger partial charge in [0, 0.05) is 5.56 Å². The van der Waals surface area contributed by atoms with E-state index in [1.807, 2.05) is 24.3 Å². The zero-order valence-electron chi connectivity index (χ0n) is 14.6. The van der Waals surface area contributed by atoms with Gasteiger partial charge in [-0.1, -0.05) is 55.5 Å². The summed E-state index contributed by atoms with van der Waals surface area (Å²) in [5, 5.41) is 11.4. The number of hydrogen-bond acceptors (Lipinski definition) is 3. The molecule has 0 N–H and O–H groups in total. The van der Waals surface area contributed by atoms with Gasteiger partial charge in [0.05, 0.1) is 5.97 Å². The number of carbonyl (C=O) groups is 1. The van der Waals surface area contributed by atoms with Crippen molar-refractivity contribution in [1.82, 2.24) is 0 Å². The van der Waals surface area contributed by atoms with Crippen LogP contribution in [0.25, 0.3) is 22.3 Å². The maximum Gasteiger partial charge on any atom is 0.387 e. The number of rotatable bonds is 6. The van der Waals surface area contributed by atoms with Gasteiger partial charge in [0.25, 0.3) is 0 Å². The SMILES string of the molecule is CCc1ccc(-c2ccc(-c3cc(OC(F)F)ccc3C(=O)[O-])cc2)cc1. The number of ether oxygens (including phenoxy) is 1. The van der Waals surface area contributed by atoms with E-state index in [2.05, 4.69) is 23.8 Å². The summed E-state index contributed by atoms with van der Waals surface area (Å²) >= 11 is 0. The van der Waals surface area contributed by atoms with E-state index >= 15 is 0 Å². The minimum Gasteiger partial charge on any atom is -0.545 e. The van der Waals surface area contributed by atoms with E-state index in [9.17, 15) is 18.7 Å². The van der Waals surface area contributed by atoms with E-state index < -0.39 is 12.6 Å². The molecule has 0 heterocycles. The minimum absolute atomic E-state index is 0.0864. The lowest BCUT2D eigenvalue weighted by atomic mass is 9.96. The molecule has 3 aromatic rings. The highest BCUT2D eigenvalue weighted by Crippen LogP contribution is 2.30. The molecule has 5 heteroatoms. The van der Waals surface area contributed by atoms with Gasteiger partial charge in [-0.2, -0.15) is 8.78 Å². The third-order valence-electron chi connectivity index (χ3n) is 4.33. The second-order valence-corrected chi connectivity index (χ2v) is 6.00. The number of carbonyl (C=O) groups excluding carboxylic acids is 1. The minimum atomic E-state index is -2.99. The summed E-state index contributed by atoms with van der Waals surface area (Å²) in [4.78, 5) is 11.4. The van der Waals surface area contributed by atoms with Crippen molar-refractivity contribution in [2.75, 3.05) is 0 Å². The quantitative estimate of drug-likeness (QED) is 0.642. The first kappa shape index (κ1) is 18.6. The molecule has 138 valence electrons. The average molecular weight is 367 g/mol. The zero-order valence-corrected chi connectivity index (χ0v) is 14.6. The van der Waals surface area contributed by atoms with Crippen molar-refractivity contribution in [2.45, 2.75) is 20.0 Å². The number of carboxylic acids is 1. The molecule has 27 heavy (non-hydrogen) atoms. The molecule has 3 rings (SSSR count). The highest BCUT2D eigenvalue weighted by molar-refractivity contribution is 5.95. The molecule has 0 atom stereocenters. The molecular weight excluding hydrogens is 350 g/mol. The van der Waals surface area contributed by atoms with Crippen molar-refractivity contribution >= 4 is 5.97 Å². The van der Waals surface area contributed by atoms with Crippen LogP contribution in [0.3, 0.4) is 0 Å². The van der Waals surface area contributed by atoms with Crippen LogP contribution in [-0.2, 0) is 6.42 Å². The molecule has 0 unspecified atom stereocenters. The summed E-state index contributed by atoms with van der Waals surface area (Å²) < 4.78 is 29.3. The zero-order chi connectivity index (χ0) is 19.4. The third-order valence-corrected chi connectivity index (χ3v) is 4.33. The fourth-order valence-electron chi connectivity index (χ4n) is 2.89. The van der Waals surface area contributed by atoms with Gasteiger partial charge in [0.1, 0.15) is 5.75 Å². The summed E-state index contributed by atoms with van der Waals surface area (Å²) in [6, 6.07) is 19.0. The molecule has 0 bridgehead atoms. The maximum absolute atomic E-state index is 12.5. The molecule has 0 aliphatic carbocycles. The highest BCUT2D eigenvalue weighted by atomic mass is 19.3. The summed E-state index contributed by atoms with van der Waals surface area (Å²) in [7, 11) is 0. The van der Waals surface area contributed by atoms with Crippen molar-refractivity contribution in [3.8, 4) is 28.0 Å². The van der Waals surface area contributed by atoms with Crippen molar-refractivity contribution < 1.29 is 23.4 Å². The Balaban J connectivity index is 1.96. The molecular formula is C22H17F2O3-. The number of hydrogen-bond donors (Lipinski definition) is 0. The number of alkyl halides is 2. The van der Waals surface area contributed by atoms with Crippen LogP contribution in [0, 0.1) is 0 Å². The molecule has 0 aliphatic heterocycles. The van der Waals surface area contributed by atoms with E-state index in [-0.39, 0.29) is 16.9 Å². The Bertz CT molecular complexity index is 933. The van der Waals surface area contributed by atoms with E-state index in [0.717, 1.165) is 17.5 Å². The molecule has 0 radical (unpaired) electrons. The first-order valence-electron chi connectivity index (χ1n) is 8.48. The van der Waals surface area contributed by atoms with Gasteiger partial charge in [-0.25, -0.2) is 0 Å². The molecule has 3 nitrogen and oxygen atoms in total. The predicted octanol–water partition coefficient (Wildman–Crippen LogP) is 4.55. The predicted molar refractivity (Wildman–Crippen MR) is 97.7 cm³/mol. The summed E-state index contributed by atoms with van der Waals surface area (Å²) in [5.41, 5.74) is 4.00. The fraction of sp³-hybridized carbons (Fsp3) is 0.136. The van der Waals surface area contributed by atoms with Gasteiger partial charge in [0.15, 0.2) is 0 Å². The molecule has 0 aromatic heterocycles. The van der Waals surface area contributed by atoms with E-state index in [0.29, 0.717) is 5.56 Å². The van der Waals surface area contributed by atoms with Crippen LogP contribution in [0.1, 0.15) is 22.8 Å². The lowest BCUT2D eigenvalue weighted by molar-refractivity contribution is -0.254. The maximum atomic E-state index is 12.5. The second kappa shape index (κ2) is 7.99. The van der Waals surface area contributed by atoms with Gasteiger partial charge >= 0.3 is 6.61 Å². The van der Waals surface area contributed by atoms with Gasteiger partial charge in [-0.3, -0.25) is 0 Å². The number of benzene rings is 3. The van der Waals surface area contributed by atoms with E-state index in [1.165, 1.54) is 23.8 Å². The first-order chi connectivity index (χ1) is 13.0. The second-order valence-electron chi connectivity index (χ2n) is 6.00. The molecule has 0 saturated carbocycles. The molecule has 0 fully saturated rings. The monoisotopic (exact) mass is 367 g/mol. The first-order valence-corrected chi connectivity index (χ1v) is 8.48. The Kier molecular flexibility index (Phi) is 5.50. The van der Waals surface area contributed by atoms with Crippen molar-refractivity contribution in [3.63, 3.8) is 0 Å². The van der Waals surface area contributed by atoms with Crippen molar-refractivity contribution in [2.24, 2.45) is 0 Å². The molecule has 0 spiro atoms. The lowest BCUT2D eigenvalue weighted by Crippen LogP contribution is -2.23. The van der Waals surface area contributed by atoms with Crippen LogP contribution in [0.4, 0.5) is 8.78 Å². The van der Waals surface area contributed by atoms with Crippen LogP contribution in [0.15, 0.2) is 66.7 Å². The van der Waals surface area contributed by atoms with E-state index in [1.54, 1.807) is 12.1 Å². The van der Waals surface area contributed by atoms with Crippen LogP contribution in [0.5, 0.6) is 5.75 Å². The summed E-state index contributed by atoms with van der Waals surface area (Å²) in [6.45, 7) is -0.898. The number of halogens is 2. The summed E-state index contributed by atoms with van der Waals surface area (Å²) in [5.74, 6) is -1.49. The summed E-state index contributed by atoms with van der Waals surface area (Å²) in [6.07, 6.45) is 0.961. The van der Waals surface area contributed by atoms with Crippen LogP contribution in [0.2, 0.25) is 0 Å². The van der Waals surface area contributed by atoms with Gasteiger partial charge in [-0.15, -0.1) is 0 Å². The lowest BCUT2D eigenvalue weighted by Gasteiger charge is -2.14. The Morgan fingerprint density at radius 1 is 0.926 bits per heavy atom. The van der Waals surface area contributed by atoms with Crippen LogP contribution >= 0.6 is 0 Å². The van der Waals surface area contributed by atoms with Gasteiger partial charge in [0.2, 0.25) is 0 Å². The molecule has 0 amide bonds. The van der Waals surface area contributed by atoms with Gasteiger partial charge < -0.3 is 14.6 Å². The van der Waals surface area contributed by atoms with Crippen LogP contribution < -0.4 is 9.84 Å². The van der Waals surface area contributed by atoms with E-state index in [4.69, 9.17) is 0 Å². The molecule has 0 aliphatic rings. The molecule has 0 saturated heterocycles. The number of aryl methyl sites for hydroxylation is 1. The standard InChI is InChI=1S/C22H18F2O3/c1-2-14-3-5-15(6-4-14)16-7-9-17(10-8-16)20-13-18(27-22(23)24)11-12-19(20)21(25)26/h3-13,22H,2H2,1H3,(H,25,26)/p-1. The largest absolute Gasteiger partial charge is 0.545 e. The number of carboxylic acid groups (broad SMARTS) is 1.